The summed E-state index contributed by atoms with van der Waals surface area (Å²) in [6.07, 6.45) is 4.11. The van der Waals surface area contributed by atoms with Crippen LogP contribution in [0.1, 0.15) is 36.2 Å². The minimum atomic E-state index is 0.102. The largest absolute Gasteiger partial charge is 0.315 e. The van der Waals surface area contributed by atoms with Crippen LogP contribution in [0.2, 0.25) is 10.0 Å². The molecular weight excluding hydrogens is 341 g/mol. The second kappa shape index (κ2) is 8.30. The van der Waals surface area contributed by atoms with Crippen molar-refractivity contribution in [3.8, 4) is 0 Å². The molecule has 1 fully saturated rings. The quantitative estimate of drug-likeness (QED) is 0.875. The van der Waals surface area contributed by atoms with Crippen LogP contribution in [0.5, 0.6) is 0 Å². The molecule has 1 saturated heterocycles. The predicted octanol–water partition coefficient (Wildman–Crippen LogP) is 4.34. The van der Waals surface area contributed by atoms with Gasteiger partial charge in [0.15, 0.2) is 0 Å². The van der Waals surface area contributed by atoms with Gasteiger partial charge in [-0.2, -0.15) is 0 Å². The SMILES string of the molecule is CCc1ccc(C(c2ccc(Cl)c(Cl)c2)N2CCCNCC2)nc1. The van der Waals surface area contributed by atoms with Crippen molar-refractivity contribution < 1.29 is 0 Å². The van der Waals surface area contributed by atoms with Gasteiger partial charge in [-0.3, -0.25) is 9.88 Å². The molecule has 1 aliphatic heterocycles. The van der Waals surface area contributed by atoms with Gasteiger partial charge < -0.3 is 5.32 Å². The van der Waals surface area contributed by atoms with E-state index in [0.29, 0.717) is 10.0 Å². The van der Waals surface area contributed by atoms with Crippen LogP contribution < -0.4 is 5.32 Å². The summed E-state index contributed by atoms with van der Waals surface area (Å²) >= 11 is 12.4. The van der Waals surface area contributed by atoms with E-state index in [1.807, 2.05) is 18.3 Å². The Kier molecular flexibility index (Phi) is 6.12. The number of benzene rings is 1. The average molecular weight is 364 g/mol. The van der Waals surface area contributed by atoms with Gasteiger partial charge in [0.05, 0.1) is 21.8 Å². The smallest absolute Gasteiger partial charge is 0.0777 e. The highest BCUT2D eigenvalue weighted by molar-refractivity contribution is 6.42. The van der Waals surface area contributed by atoms with Gasteiger partial charge >= 0.3 is 0 Å². The lowest BCUT2D eigenvalue weighted by molar-refractivity contribution is 0.237. The number of nitrogens with zero attached hydrogens (tertiary/aromatic N) is 2. The molecule has 1 atom stereocenters. The van der Waals surface area contributed by atoms with E-state index in [2.05, 4.69) is 35.3 Å². The Labute approximate surface area is 154 Å². The number of aromatic nitrogens is 1. The summed E-state index contributed by atoms with van der Waals surface area (Å²) in [7, 11) is 0. The van der Waals surface area contributed by atoms with Gasteiger partial charge in [-0.25, -0.2) is 0 Å². The van der Waals surface area contributed by atoms with E-state index in [9.17, 15) is 0 Å². The Morgan fingerprint density at radius 3 is 2.71 bits per heavy atom. The highest BCUT2D eigenvalue weighted by Gasteiger charge is 2.24. The van der Waals surface area contributed by atoms with Gasteiger partial charge in [-0.15, -0.1) is 0 Å². The molecule has 3 nitrogen and oxygen atoms in total. The minimum absolute atomic E-state index is 0.102. The fraction of sp³-hybridized carbons (Fsp3) is 0.421. The molecule has 1 aliphatic rings. The lowest BCUT2D eigenvalue weighted by Crippen LogP contribution is -2.33. The first kappa shape index (κ1) is 17.7. The highest BCUT2D eigenvalue weighted by Crippen LogP contribution is 2.32. The number of nitrogens with one attached hydrogen (secondary N) is 1. The molecule has 0 aliphatic carbocycles. The number of aryl methyl sites for hydroxylation is 1. The van der Waals surface area contributed by atoms with Crippen LogP contribution in [0.25, 0.3) is 0 Å². The minimum Gasteiger partial charge on any atom is -0.315 e. The topological polar surface area (TPSA) is 28.2 Å². The summed E-state index contributed by atoms with van der Waals surface area (Å²) in [6, 6.07) is 10.3. The summed E-state index contributed by atoms with van der Waals surface area (Å²) in [5.41, 5.74) is 3.46. The number of rotatable bonds is 4. The van der Waals surface area contributed by atoms with Crippen LogP contribution in [0, 0.1) is 0 Å². The molecule has 3 rings (SSSR count). The molecule has 0 saturated carbocycles. The first-order valence-corrected chi connectivity index (χ1v) is 9.29. The van der Waals surface area contributed by atoms with Crippen LogP contribution in [0.15, 0.2) is 36.5 Å². The zero-order chi connectivity index (χ0) is 16.9. The Hall–Kier alpha value is -1.13. The molecule has 0 spiro atoms. The Morgan fingerprint density at radius 1 is 1.12 bits per heavy atom. The van der Waals surface area contributed by atoms with E-state index in [0.717, 1.165) is 50.3 Å². The van der Waals surface area contributed by atoms with Crippen LogP contribution in [-0.2, 0) is 6.42 Å². The second-order valence-electron chi connectivity index (χ2n) is 6.16. The normalized spacial score (nSPS) is 17.5. The number of halogens is 2. The van der Waals surface area contributed by atoms with Crippen molar-refractivity contribution in [2.45, 2.75) is 25.8 Å². The van der Waals surface area contributed by atoms with Crippen molar-refractivity contribution >= 4 is 23.2 Å². The van der Waals surface area contributed by atoms with Gasteiger partial charge in [0.25, 0.3) is 0 Å². The number of pyridine rings is 1. The summed E-state index contributed by atoms with van der Waals surface area (Å²) in [5.74, 6) is 0. The maximum absolute atomic E-state index is 6.28. The summed E-state index contributed by atoms with van der Waals surface area (Å²) in [6.45, 7) is 6.22. The van der Waals surface area contributed by atoms with Crippen LogP contribution in [0.4, 0.5) is 0 Å². The van der Waals surface area contributed by atoms with Crippen molar-refractivity contribution in [1.82, 2.24) is 15.2 Å². The van der Waals surface area contributed by atoms with E-state index < -0.39 is 0 Å². The van der Waals surface area contributed by atoms with Crippen LogP contribution in [0.3, 0.4) is 0 Å². The first-order valence-electron chi connectivity index (χ1n) is 8.53. The fourth-order valence-electron chi connectivity index (χ4n) is 3.18. The third-order valence-corrected chi connectivity index (χ3v) is 5.27. The maximum Gasteiger partial charge on any atom is 0.0777 e. The van der Waals surface area contributed by atoms with Crippen LogP contribution >= 0.6 is 23.2 Å². The van der Waals surface area contributed by atoms with Crippen molar-refractivity contribution in [3.63, 3.8) is 0 Å². The molecule has 0 radical (unpaired) electrons. The standard InChI is InChI=1S/C19H23Cl2N3/c1-2-14-4-7-18(23-13-14)19(24-10-3-8-22-9-11-24)15-5-6-16(20)17(21)12-15/h4-7,12-13,19,22H,2-3,8-11H2,1H3. The van der Waals surface area contributed by atoms with E-state index in [4.69, 9.17) is 28.2 Å². The van der Waals surface area contributed by atoms with Gasteiger partial charge in [0.2, 0.25) is 0 Å². The van der Waals surface area contributed by atoms with Crippen molar-refractivity contribution in [1.29, 1.82) is 0 Å². The third-order valence-electron chi connectivity index (χ3n) is 4.54. The molecule has 1 unspecified atom stereocenters. The molecule has 0 bridgehead atoms. The van der Waals surface area contributed by atoms with E-state index >= 15 is 0 Å². The molecular formula is C19H23Cl2N3. The predicted molar refractivity (Wildman–Crippen MR) is 101 cm³/mol. The van der Waals surface area contributed by atoms with Gasteiger partial charge in [0, 0.05) is 25.8 Å². The van der Waals surface area contributed by atoms with Gasteiger partial charge in [-0.1, -0.05) is 42.3 Å². The number of hydrogen-bond donors (Lipinski definition) is 1. The van der Waals surface area contributed by atoms with Gasteiger partial charge in [-0.05, 0) is 48.7 Å². The lowest BCUT2D eigenvalue weighted by Gasteiger charge is -2.30. The van der Waals surface area contributed by atoms with Crippen molar-refractivity contribution in [2.24, 2.45) is 0 Å². The van der Waals surface area contributed by atoms with E-state index in [1.54, 1.807) is 0 Å². The van der Waals surface area contributed by atoms with Crippen molar-refractivity contribution in [3.05, 3.63) is 63.4 Å². The van der Waals surface area contributed by atoms with Crippen LogP contribution in [-0.4, -0.2) is 36.1 Å². The third kappa shape index (κ3) is 4.09. The Morgan fingerprint density at radius 2 is 2.00 bits per heavy atom. The van der Waals surface area contributed by atoms with Gasteiger partial charge in [0.1, 0.15) is 0 Å². The second-order valence-corrected chi connectivity index (χ2v) is 6.97. The summed E-state index contributed by atoms with van der Waals surface area (Å²) < 4.78 is 0. The van der Waals surface area contributed by atoms with Crippen molar-refractivity contribution in [2.75, 3.05) is 26.2 Å². The molecule has 2 aromatic rings. The number of hydrogen-bond acceptors (Lipinski definition) is 3. The molecule has 128 valence electrons. The molecule has 5 heteroatoms. The molecule has 1 N–H and O–H groups in total. The highest BCUT2D eigenvalue weighted by atomic mass is 35.5. The monoisotopic (exact) mass is 363 g/mol. The molecule has 1 aromatic carbocycles. The summed E-state index contributed by atoms with van der Waals surface area (Å²) in [5, 5.41) is 4.65. The van der Waals surface area contributed by atoms with E-state index in [-0.39, 0.29) is 6.04 Å². The molecule has 24 heavy (non-hydrogen) atoms. The molecule has 0 amide bonds. The lowest BCUT2D eigenvalue weighted by atomic mass is 10.00. The van der Waals surface area contributed by atoms with E-state index in [1.165, 1.54) is 5.56 Å². The fourth-order valence-corrected chi connectivity index (χ4v) is 3.49. The average Bonchev–Trinajstić information content (AvgIpc) is 2.88. The zero-order valence-electron chi connectivity index (χ0n) is 13.9. The molecule has 1 aromatic heterocycles. The summed E-state index contributed by atoms with van der Waals surface area (Å²) in [4.78, 5) is 7.23. The first-order chi connectivity index (χ1) is 11.7. The maximum atomic E-state index is 6.28. The molecule has 2 heterocycles. The Balaban J connectivity index is 1.99. The Bertz CT molecular complexity index is 665. The zero-order valence-corrected chi connectivity index (χ0v) is 15.4.